The third-order valence-electron chi connectivity index (χ3n) is 5.36. The number of ether oxygens (including phenoxy) is 1. The number of carbonyl (C=O) groups excluding carboxylic acids is 1. The molecule has 1 heterocycles. The van der Waals surface area contributed by atoms with Crippen LogP contribution in [0.1, 0.15) is 57.3 Å². The van der Waals surface area contributed by atoms with Crippen molar-refractivity contribution >= 4 is 23.2 Å². The second kappa shape index (κ2) is 8.05. The fourth-order valence-corrected chi connectivity index (χ4v) is 4.38. The van der Waals surface area contributed by atoms with E-state index in [-0.39, 0.29) is 16.9 Å². The molecule has 1 aliphatic rings. The van der Waals surface area contributed by atoms with Gasteiger partial charge in [-0.05, 0) is 63.6 Å². The summed E-state index contributed by atoms with van der Waals surface area (Å²) in [5.74, 6) is 0.883. The molecule has 0 saturated carbocycles. The van der Waals surface area contributed by atoms with E-state index < -0.39 is 0 Å². The molecule has 1 amide bonds. The van der Waals surface area contributed by atoms with Crippen molar-refractivity contribution < 1.29 is 9.53 Å². The molecule has 26 heavy (non-hydrogen) atoms. The van der Waals surface area contributed by atoms with Crippen LogP contribution in [0.15, 0.2) is 12.1 Å². The molecule has 4 N–H and O–H groups in total. The molecule has 1 aromatic rings. The first-order valence-corrected chi connectivity index (χ1v) is 9.60. The monoisotopic (exact) mass is 381 g/mol. The number of rotatable bonds is 6. The van der Waals surface area contributed by atoms with Crippen LogP contribution < -0.4 is 21.1 Å². The number of nitrogens with two attached hydrogens (primary N) is 1. The number of piperidine rings is 1. The largest absolute Gasteiger partial charge is 0.496 e. The summed E-state index contributed by atoms with van der Waals surface area (Å²) in [6.45, 7) is 10.9. The first-order valence-electron chi connectivity index (χ1n) is 9.22. The van der Waals surface area contributed by atoms with Gasteiger partial charge in [0.25, 0.3) is 5.91 Å². The van der Waals surface area contributed by atoms with E-state index in [1.54, 1.807) is 12.1 Å². The maximum absolute atomic E-state index is 12.9. The molecule has 0 atom stereocenters. The molecular weight excluding hydrogens is 350 g/mol. The normalized spacial score (nSPS) is 16.4. The Labute approximate surface area is 162 Å². The highest BCUT2D eigenvalue weighted by Crippen LogP contribution is 2.40. The van der Waals surface area contributed by atoms with E-state index in [0.717, 1.165) is 19.5 Å². The lowest BCUT2D eigenvalue weighted by molar-refractivity contribution is 0.0815. The molecule has 1 aromatic carbocycles. The summed E-state index contributed by atoms with van der Waals surface area (Å²) in [5, 5.41) is 6.93. The van der Waals surface area contributed by atoms with Gasteiger partial charge in [0.05, 0.1) is 23.4 Å². The van der Waals surface area contributed by atoms with E-state index in [1.807, 2.05) is 0 Å². The van der Waals surface area contributed by atoms with Gasteiger partial charge in [0.2, 0.25) is 0 Å². The quantitative estimate of drug-likeness (QED) is 0.654. The SMILES string of the molecule is COc1cc(N)c(Cl)cc1C(=O)NC(C)(C)CC(C)(C)C1CCNCC1. The molecule has 0 unspecified atom stereocenters. The molecular formula is C20H32ClN3O2. The summed E-state index contributed by atoms with van der Waals surface area (Å²) >= 11 is 6.10. The summed E-state index contributed by atoms with van der Waals surface area (Å²) < 4.78 is 5.31. The third kappa shape index (κ3) is 5.04. The predicted molar refractivity (Wildman–Crippen MR) is 108 cm³/mol. The summed E-state index contributed by atoms with van der Waals surface area (Å²) in [6.07, 6.45) is 3.25. The maximum Gasteiger partial charge on any atom is 0.255 e. The number of anilines is 1. The summed E-state index contributed by atoms with van der Waals surface area (Å²) in [5.41, 5.74) is 6.39. The van der Waals surface area contributed by atoms with E-state index in [1.165, 1.54) is 20.0 Å². The highest BCUT2D eigenvalue weighted by atomic mass is 35.5. The molecule has 0 radical (unpaired) electrons. The van der Waals surface area contributed by atoms with Gasteiger partial charge in [-0.1, -0.05) is 25.4 Å². The van der Waals surface area contributed by atoms with Gasteiger partial charge in [0.1, 0.15) is 5.75 Å². The first kappa shape index (κ1) is 20.8. The number of hydrogen-bond acceptors (Lipinski definition) is 4. The molecule has 1 saturated heterocycles. The van der Waals surface area contributed by atoms with Gasteiger partial charge in [-0.2, -0.15) is 0 Å². The number of halogens is 1. The Balaban J connectivity index is 2.13. The minimum atomic E-state index is -0.357. The smallest absolute Gasteiger partial charge is 0.255 e. The van der Waals surface area contributed by atoms with Gasteiger partial charge in [-0.3, -0.25) is 4.79 Å². The Hall–Kier alpha value is -1.46. The topological polar surface area (TPSA) is 76.4 Å². The second-order valence-corrected chi connectivity index (χ2v) is 9.01. The Morgan fingerprint density at radius 3 is 2.50 bits per heavy atom. The zero-order chi connectivity index (χ0) is 19.5. The molecule has 146 valence electrons. The molecule has 5 nitrogen and oxygen atoms in total. The highest BCUT2D eigenvalue weighted by Gasteiger charge is 2.36. The molecule has 6 heteroatoms. The molecule has 0 aliphatic carbocycles. The Morgan fingerprint density at radius 2 is 1.92 bits per heavy atom. The van der Waals surface area contributed by atoms with Crippen LogP contribution in [-0.4, -0.2) is 31.6 Å². The number of carbonyl (C=O) groups is 1. The van der Waals surface area contributed by atoms with Gasteiger partial charge in [-0.25, -0.2) is 0 Å². The van der Waals surface area contributed by atoms with Crippen molar-refractivity contribution in [3.05, 3.63) is 22.7 Å². The van der Waals surface area contributed by atoms with Crippen LogP contribution >= 0.6 is 11.6 Å². The van der Waals surface area contributed by atoms with Gasteiger partial charge in [0.15, 0.2) is 0 Å². The predicted octanol–water partition coefficient (Wildman–Crippen LogP) is 3.86. The van der Waals surface area contributed by atoms with E-state index in [2.05, 4.69) is 38.3 Å². The van der Waals surface area contributed by atoms with Crippen LogP contribution in [0.25, 0.3) is 0 Å². The van der Waals surface area contributed by atoms with Gasteiger partial charge in [-0.15, -0.1) is 0 Å². The lowest BCUT2D eigenvalue weighted by atomic mass is 9.68. The van der Waals surface area contributed by atoms with E-state index in [9.17, 15) is 4.79 Å². The number of amides is 1. The van der Waals surface area contributed by atoms with E-state index in [0.29, 0.717) is 27.9 Å². The number of nitrogen functional groups attached to an aromatic ring is 1. The first-order chi connectivity index (χ1) is 12.1. The van der Waals surface area contributed by atoms with Crippen molar-refractivity contribution in [2.24, 2.45) is 11.3 Å². The number of benzene rings is 1. The fraction of sp³-hybridized carbons (Fsp3) is 0.650. The number of nitrogens with one attached hydrogen (secondary N) is 2. The second-order valence-electron chi connectivity index (χ2n) is 8.60. The average Bonchev–Trinajstić information content (AvgIpc) is 2.56. The lowest BCUT2D eigenvalue weighted by Crippen LogP contribution is -2.48. The zero-order valence-electron chi connectivity index (χ0n) is 16.5. The van der Waals surface area contributed by atoms with Crippen LogP contribution in [-0.2, 0) is 0 Å². The third-order valence-corrected chi connectivity index (χ3v) is 5.68. The number of methoxy groups -OCH3 is 1. The van der Waals surface area contributed by atoms with Crippen LogP contribution in [0.3, 0.4) is 0 Å². The van der Waals surface area contributed by atoms with Crippen LogP contribution in [0.4, 0.5) is 5.69 Å². The molecule has 1 aliphatic heterocycles. The number of hydrogen-bond donors (Lipinski definition) is 3. The van der Waals surface area contributed by atoms with Crippen molar-refractivity contribution in [2.45, 2.75) is 52.5 Å². The van der Waals surface area contributed by atoms with Crippen molar-refractivity contribution in [3.8, 4) is 5.75 Å². The highest BCUT2D eigenvalue weighted by molar-refractivity contribution is 6.33. The van der Waals surface area contributed by atoms with Crippen LogP contribution in [0.2, 0.25) is 5.02 Å². The molecule has 0 spiro atoms. The van der Waals surface area contributed by atoms with Crippen LogP contribution in [0.5, 0.6) is 5.75 Å². The summed E-state index contributed by atoms with van der Waals surface area (Å²) in [6, 6.07) is 3.16. The van der Waals surface area contributed by atoms with Crippen molar-refractivity contribution in [2.75, 3.05) is 25.9 Å². The average molecular weight is 382 g/mol. The summed E-state index contributed by atoms with van der Waals surface area (Å²) in [7, 11) is 1.52. The van der Waals surface area contributed by atoms with Crippen LogP contribution in [0, 0.1) is 11.3 Å². The standard InChI is InChI=1S/C20H32ClN3O2/c1-19(2,13-6-8-23-9-7-13)12-20(3,4)24-18(25)14-10-15(21)16(22)11-17(14)26-5/h10-11,13,23H,6-9,12,22H2,1-5H3,(H,24,25). The molecule has 1 fully saturated rings. The molecule has 0 bridgehead atoms. The summed E-state index contributed by atoms with van der Waals surface area (Å²) in [4.78, 5) is 12.9. The lowest BCUT2D eigenvalue weighted by Gasteiger charge is -2.42. The van der Waals surface area contributed by atoms with Crippen molar-refractivity contribution in [1.29, 1.82) is 0 Å². The molecule has 0 aromatic heterocycles. The minimum absolute atomic E-state index is 0.141. The van der Waals surface area contributed by atoms with Gasteiger partial charge < -0.3 is 21.1 Å². The minimum Gasteiger partial charge on any atom is -0.496 e. The Morgan fingerprint density at radius 1 is 1.31 bits per heavy atom. The Kier molecular flexibility index (Phi) is 6.46. The molecule has 2 rings (SSSR count). The van der Waals surface area contributed by atoms with E-state index in [4.69, 9.17) is 22.1 Å². The van der Waals surface area contributed by atoms with Gasteiger partial charge >= 0.3 is 0 Å². The Bertz CT molecular complexity index is 653. The van der Waals surface area contributed by atoms with Crippen molar-refractivity contribution in [1.82, 2.24) is 10.6 Å². The van der Waals surface area contributed by atoms with Crippen molar-refractivity contribution in [3.63, 3.8) is 0 Å². The zero-order valence-corrected chi connectivity index (χ0v) is 17.3. The fourth-order valence-electron chi connectivity index (χ4n) is 4.22. The van der Waals surface area contributed by atoms with E-state index >= 15 is 0 Å². The van der Waals surface area contributed by atoms with Gasteiger partial charge in [0, 0.05) is 11.6 Å². The maximum atomic E-state index is 12.9.